The molecule has 0 aromatic carbocycles. The third-order valence-electron chi connectivity index (χ3n) is 11.2. The van der Waals surface area contributed by atoms with Crippen LogP contribution in [0.2, 0.25) is 0 Å². The molecule has 0 saturated carbocycles. The Kier molecular flexibility index (Phi) is 33.2. The summed E-state index contributed by atoms with van der Waals surface area (Å²) in [6, 6.07) is 0. The lowest BCUT2D eigenvalue weighted by Gasteiger charge is -2.31. The van der Waals surface area contributed by atoms with Crippen LogP contribution in [0.1, 0.15) is 58.3 Å². The Bertz CT molecular complexity index is 1200. The Balaban J connectivity index is 0.000000205. The summed E-state index contributed by atoms with van der Waals surface area (Å²) in [6.07, 6.45) is 10.8. The van der Waals surface area contributed by atoms with Crippen LogP contribution >= 0.6 is 45.2 Å². The predicted octanol–water partition coefficient (Wildman–Crippen LogP) is 1.93. The molecule has 0 unspecified atom stereocenters. The fraction of sp³-hybridized carbons (Fsp3) is 0.909. The Morgan fingerprint density at radius 1 is 0.600 bits per heavy atom. The van der Waals surface area contributed by atoms with Gasteiger partial charge in [0.05, 0.1) is 124 Å². The number of carbonyl (C=O) groups is 2. The summed E-state index contributed by atoms with van der Waals surface area (Å²) in [5, 5.41) is 43.1. The van der Waals surface area contributed by atoms with Crippen LogP contribution in [0.15, 0.2) is 12.2 Å². The molecular formula is C44H76I2O19. The fourth-order valence-corrected chi connectivity index (χ4v) is 8.91. The van der Waals surface area contributed by atoms with Gasteiger partial charge in [-0.2, -0.15) is 0 Å². The molecule has 0 spiro atoms. The van der Waals surface area contributed by atoms with Gasteiger partial charge in [0.1, 0.15) is 12.4 Å². The molecule has 13 atom stereocenters. The van der Waals surface area contributed by atoms with Crippen molar-refractivity contribution in [2.45, 2.75) is 115 Å². The summed E-state index contributed by atoms with van der Waals surface area (Å²) in [7, 11) is 0. The molecule has 0 radical (unpaired) electrons. The molecule has 0 amide bonds. The first-order valence-electron chi connectivity index (χ1n) is 23.0. The first-order chi connectivity index (χ1) is 31.6. The molecule has 9 aliphatic heterocycles. The van der Waals surface area contributed by atoms with E-state index in [0.29, 0.717) is 86.8 Å². The van der Waals surface area contributed by atoms with Crippen molar-refractivity contribution < 1.29 is 92.0 Å². The number of rotatable bonds is 11. The second-order valence-electron chi connectivity index (χ2n) is 16.2. The zero-order chi connectivity index (χ0) is 47.1. The number of esters is 1. The van der Waals surface area contributed by atoms with Crippen molar-refractivity contribution in [3.63, 3.8) is 0 Å². The van der Waals surface area contributed by atoms with Gasteiger partial charge in [-0.3, -0.25) is 4.79 Å². The molecule has 0 aromatic rings. The van der Waals surface area contributed by atoms with Crippen molar-refractivity contribution in [1.82, 2.24) is 0 Å². The van der Waals surface area contributed by atoms with Crippen LogP contribution in [0, 0.1) is 17.8 Å². The minimum absolute atomic E-state index is 0.00116. The van der Waals surface area contributed by atoms with Crippen LogP contribution in [-0.2, 0) is 66.4 Å². The number of aliphatic hydroxyl groups excluding tert-OH is 5. The van der Waals surface area contributed by atoms with Crippen LogP contribution in [-0.4, -0.2) is 214 Å². The second kappa shape index (κ2) is 36.6. The van der Waals surface area contributed by atoms with E-state index in [0.717, 1.165) is 77.8 Å². The minimum atomic E-state index is -0.211. The molecule has 0 bridgehead atoms. The van der Waals surface area contributed by atoms with Crippen molar-refractivity contribution in [3.05, 3.63) is 12.2 Å². The molecule has 9 heterocycles. The molecule has 8 saturated heterocycles. The number of halogens is 2. The second-order valence-corrected chi connectivity index (χ2v) is 19.4. The van der Waals surface area contributed by atoms with Crippen molar-refractivity contribution in [1.29, 1.82) is 0 Å². The number of alkyl halides is 2. The molecule has 380 valence electrons. The standard InChI is InChI=1S/C9H14O4.C7H13IO3.C7H11IO3.2C7H12O3.C4H6O.C3H8O2/c1-6(10)13-8-3-5-12-9-7(8)2-4-11-9;2*8-6-4-10-5-7(6)11-3-1-2-9;8-6-2-4-10-7-5(6)1-3-9-7;8-6-1-2-10-7-4-9-3-5(6)7;1-2-4-5-3-1;4-2-1-3-5/h7-9H,2-5H2,1H3;6-7,9H,1-5H2;2,6-7H,1,3-5H2;2*5-8H,1-4H2;1-2H,3-4H2;4-5H,1-3H2/t7-,8-,9+;2*6-,7-;5-,6-,7+;5-,6-,7-;;/m10000../s1. The average Bonchev–Trinajstić information content (AvgIpc) is 4.16. The van der Waals surface area contributed by atoms with E-state index >= 15 is 0 Å². The number of aliphatic hydroxyl groups is 5. The highest BCUT2D eigenvalue weighted by molar-refractivity contribution is 14.1. The fourth-order valence-electron chi connectivity index (χ4n) is 7.57. The highest BCUT2D eigenvalue weighted by Crippen LogP contribution is 2.33. The summed E-state index contributed by atoms with van der Waals surface area (Å²) >= 11 is 4.64. The highest BCUT2D eigenvalue weighted by atomic mass is 127. The van der Waals surface area contributed by atoms with E-state index in [2.05, 4.69) is 45.2 Å². The topological polar surface area (TPSA) is 246 Å². The Labute approximate surface area is 411 Å². The molecule has 65 heavy (non-hydrogen) atoms. The van der Waals surface area contributed by atoms with Gasteiger partial charge in [-0.15, -0.1) is 0 Å². The summed E-state index contributed by atoms with van der Waals surface area (Å²) < 4.78 is 64.1. The maximum Gasteiger partial charge on any atom is 0.302 e. The van der Waals surface area contributed by atoms with E-state index in [1.165, 1.54) is 6.92 Å². The van der Waals surface area contributed by atoms with E-state index in [1.54, 1.807) is 0 Å². The van der Waals surface area contributed by atoms with Crippen molar-refractivity contribution >= 4 is 57.4 Å². The zero-order valence-corrected chi connectivity index (χ0v) is 42.1. The first kappa shape index (κ1) is 59.0. The Hall–Kier alpha value is -0.300. The quantitative estimate of drug-likeness (QED) is 0.0496. The van der Waals surface area contributed by atoms with E-state index in [1.807, 2.05) is 12.2 Å². The van der Waals surface area contributed by atoms with E-state index < -0.39 is 0 Å². The lowest BCUT2D eigenvalue weighted by atomic mass is 9.95. The Morgan fingerprint density at radius 3 is 1.58 bits per heavy atom. The normalized spacial score (nSPS) is 34.9. The molecule has 0 aliphatic carbocycles. The van der Waals surface area contributed by atoms with Crippen molar-refractivity contribution in [3.8, 4) is 0 Å². The van der Waals surface area contributed by atoms with Gasteiger partial charge in [0, 0.05) is 70.6 Å². The largest absolute Gasteiger partial charge is 0.462 e. The number of aldehydes is 1. The lowest BCUT2D eigenvalue weighted by molar-refractivity contribution is -0.193. The molecule has 9 rings (SSSR count). The number of carbonyl (C=O) groups excluding carboxylic acids is 2. The SMILES string of the molecule is C1=CCOC1.CC(=O)O[C@@H]1CCO[C@@H]2OCC[C@@H]21.O=CCCO[C@H]1COC[C@@H]1I.OCCCO.OCCCO[C@H]1COC[C@@H]1I.O[C@H]1CCO[C@H]2COC[C@H]21.O[C@H]1CCO[C@H]2OCC[C@H]21. The zero-order valence-electron chi connectivity index (χ0n) is 37.8. The molecule has 19 nitrogen and oxygen atoms in total. The van der Waals surface area contributed by atoms with E-state index in [-0.39, 0.29) is 92.7 Å². The van der Waals surface area contributed by atoms with Gasteiger partial charge >= 0.3 is 5.97 Å². The van der Waals surface area contributed by atoms with Crippen LogP contribution < -0.4 is 0 Å². The molecule has 0 aromatic heterocycles. The summed E-state index contributed by atoms with van der Waals surface area (Å²) in [6.45, 7) is 12.3. The first-order valence-corrected chi connectivity index (χ1v) is 25.5. The maximum atomic E-state index is 10.8. The van der Waals surface area contributed by atoms with Gasteiger partial charge in [-0.25, -0.2) is 0 Å². The van der Waals surface area contributed by atoms with Crippen LogP contribution in [0.5, 0.6) is 0 Å². The van der Waals surface area contributed by atoms with Crippen molar-refractivity contribution in [2.75, 3.05) is 119 Å². The molecule has 21 heteroatoms. The molecule has 8 fully saturated rings. The third-order valence-corrected chi connectivity index (χ3v) is 13.5. The average molecular weight is 1160 g/mol. The number of hydrogen-bond donors (Lipinski definition) is 5. The van der Waals surface area contributed by atoms with E-state index in [9.17, 15) is 19.8 Å². The van der Waals surface area contributed by atoms with Gasteiger partial charge < -0.3 is 87.2 Å². The van der Waals surface area contributed by atoms with Gasteiger partial charge in [-0.05, 0) is 38.5 Å². The van der Waals surface area contributed by atoms with Gasteiger partial charge in [0.25, 0.3) is 0 Å². The Morgan fingerprint density at radius 2 is 1.11 bits per heavy atom. The lowest BCUT2D eigenvalue weighted by Crippen LogP contribution is -2.39. The van der Waals surface area contributed by atoms with Crippen LogP contribution in [0.4, 0.5) is 0 Å². The van der Waals surface area contributed by atoms with E-state index in [4.69, 9.17) is 72.2 Å². The molecule has 9 aliphatic rings. The molecule has 5 N–H and O–H groups in total. The minimum Gasteiger partial charge on any atom is -0.462 e. The molecular weight excluding hydrogens is 1090 g/mol. The summed E-state index contributed by atoms with van der Waals surface area (Å²) in [5.74, 6) is 0.526. The third kappa shape index (κ3) is 23.9. The highest BCUT2D eigenvalue weighted by Gasteiger charge is 2.41. The summed E-state index contributed by atoms with van der Waals surface area (Å²) in [4.78, 5) is 20.7. The predicted molar refractivity (Wildman–Crippen MR) is 251 cm³/mol. The number of ether oxygens (including phenoxy) is 12. The monoisotopic (exact) mass is 1160 g/mol. The number of fused-ring (bicyclic) bond motifs is 3. The van der Waals surface area contributed by atoms with Gasteiger partial charge in [0.2, 0.25) is 0 Å². The van der Waals surface area contributed by atoms with Crippen LogP contribution in [0.25, 0.3) is 0 Å². The number of hydrogen-bond acceptors (Lipinski definition) is 19. The smallest absolute Gasteiger partial charge is 0.302 e. The van der Waals surface area contributed by atoms with Gasteiger partial charge in [0.15, 0.2) is 12.6 Å². The van der Waals surface area contributed by atoms with Crippen LogP contribution in [0.3, 0.4) is 0 Å². The van der Waals surface area contributed by atoms with Gasteiger partial charge in [-0.1, -0.05) is 57.3 Å². The van der Waals surface area contributed by atoms with Crippen molar-refractivity contribution in [2.24, 2.45) is 17.8 Å². The summed E-state index contributed by atoms with van der Waals surface area (Å²) in [5.41, 5.74) is 0. The maximum absolute atomic E-state index is 10.8.